The topological polar surface area (TPSA) is 80.0 Å². The molecule has 3 N–H and O–H groups in total. The highest BCUT2D eigenvalue weighted by Crippen LogP contribution is 2.19. The van der Waals surface area contributed by atoms with Crippen LogP contribution in [0.1, 0.15) is 23.6 Å². The van der Waals surface area contributed by atoms with Crippen LogP contribution in [-0.4, -0.2) is 36.5 Å². The number of hydrogen-bond donors (Lipinski definition) is 2. The highest BCUT2D eigenvalue weighted by atomic mass is 127. The number of nitrogens with zero attached hydrogens (tertiary/aromatic N) is 2. The van der Waals surface area contributed by atoms with Crippen LogP contribution in [0.2, 0.25) is 0 Å². The molecule has 1 amide bonds. The Morgan fingerprint density at radius 3 is 2.75 bits per heavy atom. The predicted molar refractivity (Wildman–Crippen MR) is 122 cm³/mol. The van der Waals surface area contributed by atoms with Gasteiger partial charge in [0.25, 0.3) is 5.91 Å². The zero-order valence-electron chi connectivity index (χ0n) is 16.1. The molecule has 0 atom stereocenters. The minimum absolute atomic E-state index is 0. The SMILES string of the molecule is CCNC(=NCc1cccc(OCC(N)=O)c1)N1CCc2ccccc2C1.I. The molecule has 1 aliphatic heterocycles. The van der Waals surface area contributed by atoms with Gasteiger partial charge in [0.05, 0.1) is 6.54 Å². The van der Waals surface area contributed by atoms with E-state index in [0.29, 0.717) is 12.3 Å². The number of hydrogen-bond acceptors (Lipinski definition) is 3. The van der Waals surface area contributed by atoms with Gasteiger partial charge in [-0.1, -0.05) is 36.4 Å². The van der Waals surface area contributed by atoms with Crippen LogP contribution in [0, 0.1) is 0 Å². The maximum absolute atomic E-state index is 10.9. The molecule has 1 heterocycles. The summed E-state index contributed by atoms with van der Waals surface area (Å²) in [4.78, 5) is 18.0. The summed E-state index contributed by atoms with van der Waals surface area (Å²) in [5.74, 6) is 1.05. The molecule has 0 bridgehead atoms. The molecule has 6 nitrogen and oxygen atoms in total. The van der Waals surface area contributed by atoms with E-state index >= 15 is 0 Å². The van der Waals surface area contributed by atoms with E-state index in [1.807, 2.05) is 24.3 Å². The number of amides is 1. The van der Waals surface area contributed by atoms with Gasteiger partial charge in [-0.3, -0.25) is 4.79 Å². The van der Waals surface area contributed by atoms with Crippen LogP contribution >= 0.6 is 24.0 Å². The Bertz CT molecular complexity index is 826. The molecule has 28 heavy (non-hydrogen) atoms. The first kappa shape index (κ1) is 22.0. The molecule has 0 aromatic heterocycles. The largest absolute Gasteiger partial charge is 0.484 e. The van der Waals surface area contributed by atoms with Crippen LogP contribution in [0.3, 0.4) is 0 Å². The Morgan fingerprint density at radius 1 is 1.21 bits per heavy atom. The third kappa shape index (κ3) is 6.12. The van der Waals surface area contributed by atoms with Crippen molar-refractivity contribution in [3.63, 3.8) is 0 Å². The minimum atomic E-state index is -0.488. The lowest BCUT2D eigenvalue weighted by atomic mass is 10.0. The lowest BCUT2D eigenvalue weighted by molar-refractivity contribution is -0.119. The Kier molecular flexibility index (Phi) is 8.56. The maximum atomic E-state index is 10.9. The molecular weight excluding hydrogens is 467 g/mol. The number of aliphatic imine (C=N–C) groups is 1. The van der Waals surface area contributed by atoms with Crippen molar-refractivity contribution in [3.05, 3.63) is 65.2 Å². The highest BCUT2D eigenvalue weighted by molar-refractivity contribution is 14.0. The van der Waals surface area contributed by atoms with Gasteiger partial charge in [-0.15, -0.1) is 24.0 Å². The van der Waals surface area contributed by atoms with E-state index in [9.17, 15) is 4.79 Å². The minimum Gasteiger partial charge on any atom is -0.484 e. The van der Waals surface area contributed by atoms with Gasteiger partial charge in [-0.2, -0.15) is 0 Å². The Morgan fingerprint density at radius 2 is 2.00 bits per heavy atom. The van der Waals surface area contributed by atoms with Crippen LogP contribution in [0.4, 0.5) is 0 Å². The van der Waals surface area contributed by atoms with E-state index in [4.69, 9.17) is 15.5 Å². The number of carbonyl (C=O) groups excluding carboxylic acids is 1. The molecule has 0 aliphatic carbocycles. The first-order chi connectivity index (χ1) is 13.2. The normalized spacial score (nSPS) is 13.3. The zero-order valence-corrected chi connectivity index (χ0v) is 18.4. The number of primary amides is 1. The number of ether oxygens (including phenoxy) is 1. The third-order valence-electron chi connectivity index (χ3n) is 4.46. The zero-order chi connectivity index (χ0) is 19.1. The number of fused-ring (bicyclic) bond motifs is 1. The van der Waals surface area contributed by atoms with Crippen LogP contribution in [0.25, 0.3) is 0 Å². The molecule has 0 spiro atoms. The fourth-order valence-corrected chi connectivity index (χ4v) is 3.16. The number of benzene rings is 2. The standard InChI is InChI=1S/C21H26N4O2.HI/c1-2-23-21(25-11-10-17-7-3-4-8-18(17)14-25)24-13-16-6-5-9-19(12-16)27-15-20(22)26;/h3-9,12H,2,10-11,13-15H2,1H3,(H2,22,26)(H,23,24);1H. The number of halogens is 1. The Balaban J connectivity index is 0.00000280. The number of rotatable bonds is 6. The lowest BCUT2D eigenvalue weighted by Crippen LogP contribution is -2.44. The highest BCUT2D eigenvalue weighted by Gasteiger charge is 2.18. The van der Waals surface area contributed by atoms with E-state index in [0.717, 1.165) is 37.6 Å². The summed E-state index contributed by atoms with van der Waals surface area (Å²) < 4.78 is 5.37. The van der Waals surface area contributed by atoms with Crippen molar-refractivity contribution in [3.8, 4) is 5.75 Å². The van der Waals surface area contributed by atoms with Crippen molar-refractivity contribution in [2.75, 3.05) is 19.7 Å². The van der Waals surface area contributed by atoms with E-state index in [1.165, 1.54) is 11.1 Å². The van der Waals surface area contributed by atoms with Crippen LogP contribution in [0.15, 0.2) is 53.5 Å². The number of nitrogens with two attached hydrogens (primary N) is 1. The van der Waals surface area contributed by atoms with Gasteiger partial charge in [0.15, 0.2) is 12.6 Å². The second kappa shape index (κ2) is 10.9. The van der Waals surface area contributed by atoms with Crippen LogP contribution < -0.4 is 15.8 Å². The molecule has 0 unspecified atom stereocenters. The van der Waals surface area contributed by atoms with Crippen LogP contribution in [-0.2, 0) is 24.3 Å². The summed E-state index contributed by atoms with van der Waals surface area (Å²) in [6, 6.07) is 16.2. The van der Waals surface area contributed by atoms with Gasteiger partial charge in [-0.05, 0) is 42.2 Å². The van der Waals surface area contributed by atoms with Crippen molar-refractivity contribution < 1.29 is 9.53 Å². The van der Waals surface area contributed by atoms with Gasteiger partial charge in [-0.25, -0.2) is 4.99 Å². The molecule has 0 saturated heterocycles. The Hall–Kier alpha value is -2.29. The molecule has 3 rings (SSSR count). The van der Waals surface area contributed by atoms with Gasteiger partial charge < -0.3 is 20.7 Å². The average Bonchev–Trinajstić information content (AvgIpc) is 2.69. The van der Waals surface area contributed by atoms with Crippen molar-refractivity contribution in [2.45, 2.75) is 26.4 Å². The fourth-order valence-electron chi connectivity index (χ4n) is 3.16. The molecule has 7 heteroatoms. The van der Waals surface area contributed by atoms with E-state index in [-0.39, 0.29) is 30.6 Å². The summed E-state index contributed by atoms with van der Waals surface area (Å²) in [6.07, 6.45) is 1.02. The monoisotopic (exact) mass is 494 g/mol. The third-order valence-corrected chi connectivity index (χ3v) is 4.46. The predicted octanol–water partition coefficient (Wildman–Crippen LogP) is 2.69. The van der Waals surface area contributed by atoms with E-state index in [2.05, 4.69) is 41.4 Å². The lowest BCUT2D eigenvalue weighted by Gasteiger charge is -2.31. The summed E-state index contributed by atoms with van der Waals surface area (Å²) in [6.45, 7) is 5.12. The molecule has 2 aromatic rings. The summed E-state index contributed by atoms with van der Waals surface area (Å²) >= 11 is 0. The van der Waals surface area contributed by atoms with Gasteiger partial charge >= 0.3 is 0 Å². The van der Waals surface area contributed by atoms with Gasteiger partial charge in [0.1, 0.15) is 5.75 Å². The summed E-state index contributed by atoms with van der Waals surface area (Å²) in [7, 11) is 0. The Labute approximate surface area is 183 Å². The van der Waals surface area contributed by atoms with Crippen molar-refractivity contribution >= 4 is 35.8 Å². The summed E-state index contributed by atoms with van der Waals surface area (Å²) in [5, 5.41) is 3.39. The molecular formula is C21H27IN4O2. The fraction of sp³-hybridized carbons (Fsp3) is 0.333. The van der Waals surface area contributed by atoms with Crippen molar-refractivity contribution in [1.82, 2.24) is 10.2 Å². The van der Waals surface area contributed by atoms with Crippen LogP contribution in [0.5, 0.6) is 5.75 Å². The first-order valence-corrected chi connectivity index (χ1v) is 9.26. The average molecular weight is 494 g/mol. The maximum Gasteiger partial charge on any atom is 0.255 e. The second-order valence-electron chi connectivity index (χ2n) is 6.51. The van der Waals surface area contributed by atoms with E-state index < -0.39 is 5.91 Å². The smallest absolute Gasteiger partial charge is 0.255 e. The van der Waals surface area contributed by atoms with Crippen molar-refractivity contribution in [1.29, 1.82) is 0 Å². The first-order valence-electron chi connectivity index (χ1n) is 9.26. The molecule has 0 fully saturated rings. The van der Waals surface area contributed by atoms with Crippen molar-refractivity contribution in [2.24, 2.45) is 10.7 Å². The van der Waals surface area contributed by atoms with Gasteiger partial charge in [0.2, 0.25) is 0 Å². The number of nitrogens with one attached hydrogen (secondary N) is 1. The van der Waals surface area contributed by atoms with Gasteiger partial charge in [0, 0.05) is 19.6 Å². The molecule has 2 aromatic carbocycles. The molecule has 0 radical (unpaired) electrons. The quantitative estimate of drug-likeness (QED) is 0.368. The molecule has 150 valence electrons. The number of guanidine groups is 1. The number of carbonyl (C=O) groups is 1. The summed E-state index contributed by atoms with van der Waals surface area (Å²) in [5.41, 5.74) is 8.92. The molecule has 0 saturated carbocycles. The second-order valence-corrected chi connectivity index (χ2v) is 6.51. The molecule has 1 aliphatic rings. The van der Waals surface area contributed by atoms with E-state index in [1.54, 1.807) is 0 Å².